The monoisotopic (exact) mass is 366 g/mol. The fourth-order valence-corrected chi connectivity index (χ4v) is 4.44. The lowest BCUT2D eigenvalue weighted by atomic mass is 9.66. The van der Waals surface area contributed by atoms with Crippen LogP contribution in [-0.4, -0.2) is 24.6 Å². The van der Waals surface area contributed by atoms with Gasteiger partial charge in [0.15, 0.2) is 0 Å². The predicted octanol–water partition coefficient (Wildman–Crippen LogP) is 3.96. The quantitative estimate of drug-likeness (QED) is 0.695. The minimum Gasteiger partial charge on any atom is -0.508 e. The van der Waals surface area contributed by atoms with Gasteiger partial charge in [0.2, 0.25) is 5.91 Å². The molecule has 4 heteroatoms. The van der Waals surface area contributed by atoms with E-state index in [4.69, 9.17) is 0 Å². The summed E-state index contributed by atoms with van der Waals surface area (Å²) in [5, 5.41) is 16.5. The summed E-state index contributed by atoms with van der Waals surface area (Å²) < 4.78 is 0. The van der Waals surface area contributed by atoms with Gasteiger partial charge in [0.25, 0.3) is 0 Å². The Morgan fingerprint density at radius 3 is 2.48 bits per heavy atom. The Hall–Kier alpha value is -2.33. The predicted molar refractivity (Wildman–Crippen MR) is 109 cm³/mol. The molecule has 0 aliphatic heterocycles. The highest BCUT2D eigenvalue weighted by Gasteiger charge is 2.46. The van der Waals surface area contributed by atoms with Crippen molar-refractivity contribution in [2.24, 2.45) is 5.41 Å². The molecule has 3 rings (SSSR count). The summed E-state index contributed by atoms with van der Waals surface area (Å²) in [6.07, 6.45) is 5.86. The molecule has 1 aliphatic carbocycles. The molecule has 0 radical (unpaired) electrons. The average Bonchev–Trinajstić information content (AvgIpc) is 2.70. The molecule has 2 aromatic carbocycles. The third-order valence-corrected chi connectivity index (χ3v) is 5.78. The van der Waals surface area contributed by atoms with Gasteiger partial charge in [-0.2, -0.15) is 0 Å². The first kappa shape index (κ1) is 19.4. The molecular weight excluding hydrogens is 336 g/mol. The van der Waals surface area contributed by atoms with Crippen LogP contribution in [0.2, 0.25) is 0 Å². The average molecular weight is 367 g/mol. The molecule has 27 heavy (non-hydrogen) atoms. The van der Waals surface area contributed by atoms with Crippen molar-refractivity contribution in [1.29, 1.82) is 0 Å². The number of nitrogens with one attached hydrogen (secondary N) is 2. The van der Waals surface area contributed by atoms with Crippen molar-refractivity contribution in [2.45, 2.75) is 44.6 Å². The molecule has 1 atom stereocenters. The molecular formula is C23H30N2O2. The van der Waals surface area contributed by atoms with Gasteiger partial charge in [-0.25, -0.2) is 0 Å². The number of hydrogen-bond donors (Lipinski definition) is 3. The molecule has 0 spiro atoms. The van der Waals surface area contributed by atoms with Gasteiger partial charge in [-0.05, 0) is 49.6 Å². The number of phenols is 1. The van der Waals surface area contributed by atoms with Crippen LogP contribution >= 0.6 is 0 Å². The van der Waals surface area contributed by atoms with Crippen LogP contribution in [0.5, 0.6) is 5.75 Å². The van der Waals surface area contributed by atoms with Gasteiger partial charge in [0, 0.05) is 12.6 Å². The third-order valence-electron chi connectivity index (χ3n) is 5.78. The highest BCUT2D eigenvalue weighted by Crippen LogP contribution is 2.46. The van der Waals surface area contributed by atoms with Crippen molar-refractivity contribution in [3.05, 3.63) is 65.7 Å². The standard InChI is InChI=1S/C23H30N2O2/c1-24-21(19-11-8-12-20(26)17-19)23(14-6-3-7-15-23)22(27)25-16-13-18-9-4-2-5-10-18/h2,4-5,8-12,17,21,24,26H,3,6-7,13-16H2,1H3,(H,25,27). The first-order chi connectivity index (χ1) is 13.2. The van der Waals surface area contributed by atoms with Crippen LogP contribution < -0.4 is 10.6 Å². The lowest BCUT2D eigenvalue weighted by Gasteiger charge is -2.42. The number of benzene rings is 2. The second-order valence-electron chi connectivity index (χ2n) is 7.52. The van der Waals surface area contributed by atoms with Gasteiger partial charge in [0.05, 0.1) is 5.41 Å². The van der Waals surface area contributed by atoms with Crippen LogP contribution in [0, 0.1) is 5.41 Å². The van der Waals surface area contributed by atoms with Crippen LogP contribution in [0.25, 0.3) is 0 Å². The number of amides is 1. The Morgan fingerprint density at radius 2 is 1.81 bits per heavy atom. The van der Waals surface area contributed by atoms with Gasteiger partial charge < -0.3 is 15.7 Å². The van der Waals surface area contributed by atoms with E-state index in [1.54, 1.807) is 12.1 Å². The van der Waals surface area contributed by atoms with E-state index in [1.807, 2.05) is 37.4 Å². The van der Waals surface area contributed by atoms with Crippen molar-refractivity contribution >= 4 is 5.91 Å². The lowest BCUT2D eigenvalue weighted by Crippen LogP contribution is -2.50. The minimum absolute atomic E-state index is 0.110. The lowest BCUT2D eigenvalue weighted by molar-refractivity contribution is -0.135. The first-order valence-corrected chi connectivity index (χ1v) is 9.94. The number of phenolic OH excluding ortho intramolecular Hbond substituents is 1. The Morgan fingerprint density at radius 1 is 1.07 bits per heavy atom. The molecule has 2 aromatic rings. The summed E-state index contributed by atoms with van der Waals surface area (Å²) in [6.45, 7) is 0.640. The van der Waals surface area contributed by atoms with E-state index in [9.17, 15) is 9.90 Å². The summed E-state index contributed by atoms with van der Waals surface area (Å²) in [7, 11) is 1.91. The molecule has 1 amide bonds. The molecule has 0 saturated heterocycles. The van der Waals surface area contributed by atoms with Gasteiger partial charge in [-0.15, -0.1) is 0 Å². The van der Waals surface area contributed by atoms with E-state index in [2.05, 4.69) is 22.8 Å². The van der Waals surface area contributed by atoms with Crippen molar-refractivity contribution in [2.75, 3.05) is 13.6 Å². The van der Waals surface area contributed by atoms with E-state index < -0.39 is 5.41 Å². The van der Waals surface area contributed by atoms with E-state index in [-0.39, 0.29) is 17.7 Å². The zero-order valence-electron chi connectivity index (χ0n) is 16.1. The zero-order chi connectivity index (χ0) is 19.1. The SMILES string of the molecule is CNC(c1cccc(O)c1)C1(C(=O)NCCc2ccccc2)CCCCC1. The maximum absolute atomic E-state index is 13.4. The maximum Gasteiger partial charge on any atom is 0.228 e. The Balaban J connectivity index is 1.77. The van der Waals surface area contributed by atoms with Crippen molar-refractivity contribution < 1.29 is 9.90 Å². The Bertz CT molecular complexity index is 739. The molecule has 0 heterocycles. The van der Waals surface area contributed by atoms with Gasteiger partial charge in [-0.1, -0.05) is 61.7 Å². The van der Waals surface area contributed by atoms with Gasteiger partial charge in [-0.3, -0.25) is 4.79 Å². The van der Waals surface area contributed by atoms with Crippen molar-refractivity contribution in [3.63, 3.8) is 0 Å². The number of carbonyl (C=O) groups is 1. The summed E-state index contributed by atoms with van der Waals surface area (Å²) >= 11 is 0. The molecule has 1 unspecified atom stereocenters. The number of rotatable bonds is 7. The van der Waals surface area contributed by atoms with Gasteiger partial charge >= 0.3 is 0 Å². The van der Waals surface area contributed by atoms with Crippen molar-refractivity contribution in [3.8, 4) is 5.75 Å². The van der Waals surface area contributed by atoms with Crippen LogP contribution in [0.4, 0.5) is 0 Å². The molecule has 1 aliphatic rings. The summed E-state index contributed by atoms with van der Waals surface area (Å²) in [4.78, 5) is 13.4. The number of carbonyl (C=O) groups excluding carboxylic acids is 1. The van der Waals surface area contributed by atoms with E-state index >= 15 is 0 Å². The van der Waals surface area contributed by atoms with E-state index in [0.717, 1.165) is 37.7 Å². The summed E-state index contributed by atoms with van der Waals surface area (Å²) in [6, 6.07) is 17.4. The largest absolute Gasteiger partial charge is 0.508 e. The molecule has 0 bridgehead atoms. The number of hydrogen-bond acceptors (Lipinski definition) is 3. The molecule has 4 nitrogen and oxygen atoms in total. The Kier molecular flexibility index (Phi) is 6.51. The maximum atomic E-state index is 13.4. The van der Waals surface area contributed by atoms with E-state index in [0.29, 0.717) is 6.54 Å². The fourth-order valence-electron chi connectivity index (χ4n) is 4.44. The second kappa shape index (κ2) is 9.05. The first-order valence-electron chi connectivity index (χ1n) is 9.94. The molecule has 3 N–H and O–H groups in total. The second-order valence-corrected chi connectivity index (χ2v) is 7.52. The fraction of sp³-hybridized carbons (Fsp3) is 0.435. The highest BCUT2D eigenvalue weighted by atomic mass is 16.3. The molecule has 0 aromatic heterocycles. The molecule has 1 saturated carbocycles. The van der Waals surface area contributed by atoms with Crippen LogP contribution in [-0.2, 0) is 11.2 Å². The Labute approximate surface area is 162 Å². The smallest absolute Gasteiger partial charge is 0.228 e. The minimum atomic E-state index is -0.475. The van der Waals surface area contributed by atoms with Crippen LogP contribution in [0.3, 0.4) is 0 Å². The van der Waals surface area contributed by atoms with E-state index in [1.165, 1.54) is 12.0 Å². The van der Waals surface area contributed by atoms with Crippen molar-refractivity contribution in [1.82, 2.24) is 10.6 Å². The third kappa shape index (κ3) is 4.51. The normalized spacial score (nSPS) is 17.2. The van der Waals surface area contributed by atoms with Gasteiger partial charge in [0.1, 0.15) is 5.75 Å². The molecule has 1 fully saturated rings. The molecule has 144 valence electrons. The summed E-state index contributed by atoms with van der Waals surface area (Å²) in [5.41, 5.74) is 1.73. The zero-order valence-corrected chi connectivity index (χ0v) is 16.1. The topological polar surface area (TPSA) is 61.4 Å². The van der Waals surface area contributed by atoms with Crippen LogP contribution in [0.1, 0.15) is 49.3 Å². The van der Waals surface area contributed by atoms with Crippen LogP contribution in [0.15, 0.2) is 54.6 Å². The highest BCUT2D eigenvalue weighted by molar-refractivity contribution is 5.84. The number of aromatic hydroxyl groups is 1. The summed E-state index contributed by atoms with van der Waals surface area (Å²) in [5.74, 6) is 0.365.